The quantitative estimate of drug-likeness (QED) is 0.416. The lowest BCUT2D eigenvalue weighted by molar-refractivity contribution is -0.0551. The molecule has 1 aromatic heterocycles. The van der Waals surface area contributed by atoms with Crippen molar-refractivity contribution in [2.24, 2.45) is 0 Å². The predicted octanol–water partition coefficient (Wildman–Crippen LogP) is 0.318. The van der Waals surface area contributed by atoms with Crippen LogP contribution in [-0.4, -0.2) is 49.8 Å². The summed E-state index contributed by atoms with van der Waals surface area (Å²) in [6, 6.07) is 17.0. The number of ether oxygens (including phenoxy) is 2. The van der Waals surface area contributed by atoms with Crippen LogP contribution in [0.15, 0.2) is 70.4 Å². The number of aromatic nitrogens is 2. The first kappa shape index (κ1) is 22.0. The second-order valence-electron chi connectivity index (χ2n) is 7.65. The molecule has 0 amide bonds. The van der Waals surface area contributed by atoms with Gasteiger partial charge < -0.3 is 24.8 Å². The number of aliphatic hydroxyl groups excluding tert-OH is 3. The monoisotopic (exact) mass is 440 g/mol. The van der Waals surface area contributed by atoms with Crippen molar-refractivity contribution >= 4 is 0 Å². The normalized spacial score (nSPS) is 22.7. The van der Waals surface area contributed by atoms with Crippen molar-refractivity contribution in [3.63, 3.8) is 0 Å². The Morgan fingerprint density at radius 3 is 2.47 bits per heavy atom. The zero-order valence-electron chi connectivity index (χ0n) is 17.1. The van der Waals surface area contributed by atoms with Crippen LogP contribution in [0.4, 0.5) is 0 Å². The predicted molar refractivity (Wildman–Crippen MR) is 114 cm³/mol. The van der Waals surface area contributed by atoms with Crippen molar-refractivity contribution in [2.45, 2.75) is 37.6 Å². The fraction of sp³-hybridized carbons (Fsp3) is 0.304. The summed E-state index contributed by atoms with van der Waals surface area (Å²) in [7, 11) is 0. The van der Waals surface area contributed by atoms with E-state index in [1.54, 1.807) is 0 Å². The zero-order valence-corrected chi connectivity index (χ0v) is 17.1. The first-order valence-electron chi connectivity index (χ1n) is 10.2. The van der Waals surface area contributed by atoms with Gasteiger partial charge in [-0.05, 0) is 23.3 Å². The molecule has 0 bridgehead atoms. The number of nitrogens with one attached hydrogen (secondary N) is 1. The average molecular weight is 440 g/mol. The second kappa shape index (κ2) is 9.49. The van der Waals surface area contributed by atoms with Crippen molar-refractivity contribution in [3.8, 4) is 5.75 Å². The van der Waals surface area contributed by atoms with Crippen LogP contribution in [0.2, 0.25) is 0 Å². The third-order valence-electron chi connectivity index (χ3n) is 5.37. The number of H-pyrrole nitrogens is 1. The topological polar surface area (TPSA) is 134 Å². The van der Waals surface area contributed by atoms with Gasteiger partial charge in [0, 0.05) is 18.2 Å². The summed E-state index contributed by atoms with van der Waals surface area (Å²) in [6.07, 6.45) is -3.54. The first-order chi connectivity index (χ1) is 15.5. The van der Waals surface area contributed by atoms with E-state index in [-0.39, 0.29) is 12.0 Å². The molecular formula is C23H24N2O7. The molecule has 9 heteroatoms. The minimum Gasteiger partial charge on any atom is -0.489 e. The fourth-order valence-electron chi connectivity index (χ4n) is 3.66. The third kappa shape index (κ3) is 4.66. The van der Waals surface area contributed by atoms with E-state index < -0.39 is 42.4 Å². The van der Waals surface area contributed by atoms with E-state index in [0.717, 1.165) is 15.7 Å². The van der Waals surface area contributed by atoms with E-state index in [2.05, 4.69) is 4.98 Å². The summed E-state index contributed by atoms with van der Waals surface area (Å²) in [5, 5.41) is 29.5. The Labute approximate surface area is 183 Å². The van der Waals surface area contributed by atoms with E-state index in [4.69, 9.17) is 9.47 Å². The highest BCUT2D eigenvalue weighted by atomic mass is 16.6. The Kier molecular flexibility index (Phi) is 6.52. The van der Waals surface area contributed by atoms with Crippen molar-refractivity contribution < 1.29 is 24.8 Å². The lowest BCUT2D eigenvalue weighted by Gasteiger charge is -2.18. The minimum absolute atomic E-state index is 0.201. The maximum absolute atomic E-state index is 12.4. The lowest BCUT2D eigenvalue weighted by Crippen LogP contribution is -2.39. The smallest absolute Gasteiger partial charge is 0.330 e. The summed E-state index contributed by atoms with van der Waals surface area (Å²) in [5.74, 6) is 0.638. The van der Waals surface area contributed by atoms with Crippen LogP contribution in [0.25, 0.3) is 0 Å². The molecule has 1 aliphatic rings. The fourth-order valence-corrected chi connectivity index (χ4v) is 3.66. The van der Waals surface area contributed by atoms with Gasteiger partial charge in [0.1, 0.15) is 30.7 Å². The highest BCUT2D eigenvalue weighted by Gasteiger charge is 2.43. The maximum atomic E-state index is 12.4. The molecule has 0 aliphatic carbocycles. The molecule has 1 saturated heterocycles. The highest BCUT2D eigenvalue weighted by Crippen LogP contribution is 2.28. The van der Waals surface area contributed by atoms with Gasteiger partial charge in [0.25, 0.3) is 5.56 Å². The summed E-state index contributed by atoms with van der Waals surface area (Å²) in [4.78, 5) is 26.9. The highest BCUT2D eigenvalue weighted by molar-refractivity contribution is 5.32. The van der Waals surface area contributed by atoms with Gasteiger partial charge in [0.15, 0.2) is 6.23 Å². The molecule has 0 spiro atoms. The van der Waals surface area contributed by atoms with Crippen LogP contribution in [0.5, 0.6) is 5.75 Å². The molecule has 0 radical (unpaired) electrons. The van der Waals surface area contributed by atoms with Crippen LogP contribution in [0, 0.1) is 0 Å². The van der Waals surface area contributed by atoms with Crippen molar-refractivity contribution in [1.29, 1.82) is 0 Å². The van der Waals surface area contributed by atoms with E-state index in [1.165, 1.54) is 6.20 Å². The Hall–Kier alpha value is -3.24. The number of aromatic amines is 1. The van der Waals surface area contributed by atoms with Gasteiger partial charge in [-0.15, -0.1) is 0 Å². The number of rotatable bonds is 7. The molecule has 2 aromatic carbocycles. The second-order valence-corrected chi connectivity index (χ2v) is 7.65. The van der Waals surface area contributed by atoms with Crippen LogP contribution in [0.3, 0.4) is 0 Å². The molecule has 4 N–H and O–H groups in total. The van der Waals surface area contributed by atoms with Gasteiger partial charge in [0.05, 0.1) is 6.61 Å². The van der Waals surface area contributed by atoms with Crippen LogP contribution in [0.1, 0.15) is 22.9 Å². The molecule has 4 atom stereocenters. The molecule has 4 rings (SSSR count). The van der Waals surface area contributed by atoms with E-state index >= 15 is 0 Å². The molecular weight excluding hydrogens is 416 g/mol. The molecule has 32 heavy (non-hydrogen) atoms. The van der Waals surface area contributed by atoms with Crippen LogP contribution >= 0.6 is 0 Å². The molecule has 0 unspecified atom stereocenters. The SMILES string of the molecule is O=c1[nH]c(=O)n([C@@H]2O[C@H](CO)[C@@H](O)[C@H]2O)cc1Cc1cccc(OCc2ccccc2)c1. The largest absolute Gasteiger partial charge is 0.489 e. The molecule has 2 heterocycles. The Morgan fingerprint density at radius 2 is 1.75 bits per heavy atom. The summed E-state index contributed by atoms with van der Waals surface area (Å²) in [6.45, 7) is -0.115. The number of hydrogen-bond acceptors (Lipinski definition) is 7. The lowest BCUT2D eigenvalue weighted by atomic mass is 10.1. The Bertz CT molecular complexity index is 1170. The number of aliphatic hydroxyl groups is 3. The summed E-state index contributed by atoms with van der Waals surface area (Å²) >= 11 is 0. The standard InChI is InChI=1S/C23H24N2O7/c26-12-18-19(27)20(28)22(32-18)25-11-16(21(29)24-23(25)30)9-15-7-4-8-17(10-15)31-13-14-5-2-1-3-6-14/h1-8,10-11,18-20,22,26-28H,9,12-13H2,(H,24,29,30)/t18-,19-,20-,22-/m1/s1. The number of benzene rings is 2. The molecule has 9 nitrogen and oxygen atoms in total. The Morgan fingerprint density at radius 1 is 1.00 bits per heavy atom. The van der Waals surface area contributed by atoms with Crippen molar-refractivity contribution in [3.05, 3.63) is 98.3 Å². The van der Waals surface area contributed by atoms with E-state index in [0.29, 0.717) is 12.4 Å². The van der Waals surface area contributed by atoms with E-state index in [9.17, 15) is 24.9 Å². The molecule has 1 aliphatic heterocycles. The van der Waals surface area contributed by atoms with Crippen molar-refractivity contribution in [2.75, 3.05) is 6.61 Å². The van der Waals surface area contributed by atoms with Crippen LogP contribution < -0.4 is 16.0 Å². The number of nitrogens with zero attached hydrogens (tertiary/aromatic N) is 1. The summed E-state index contributed by atoms with van der Waals surface area (Å²) in [5.41, 5.74) is 0.733. The third-order valence-corrected chi connectivity index (χ3v) is 5.37. The average Bonchev–Trinajstić information content (AvgIpc) is 3.09. The minimum atomic E-state index is -1.43. The number of hydrogen-bond donors (Lipinski definition) is 4. The molecule has 1 fully saturated rings. The molecule has 168 valence electrons. The van der Waals surface area contributed by atoms with Gasteiger partial charge in [-0.25, -0.2) is 4.79 Å². The van der Waals surface area contributed by atoms with Gasteiger partial charge in [-0.3, -0.25) is 14.3 Å². The van der Waals surface area contributed by atoms with Gasteiger partial charge in [-0.2, -0.15) is 0 Å². The first-order valence-corrected chi connectivity index (χ1v) is 10.2. The summed E-state index contributed by atoms with van der Waals surface area (Å²) < 4.78 is 12.3. The molecule has 3 aromatic rings. The van der Waals surface area contributed by atoms with Gasteiger partial charge >= 0.3 is 5.69 Å². The van der Waals surface area contributed by atoms with Gasteiger partial charge in [-0.1, -0.05) is 42.5 Å². The van der Waals surface area contributed by atoms with Crippen LogP contribution in [-0.2, 0) is 17.8 Å². The maximum Gasteiger partial charge on any atom is 0.330 e. The zero-order chi connectivity index (χ0) is 22.7. The van der Waals surface area contributed by atoms with Gasteiger partial charge in [0.2, 0.25) is 0 Å². The van der Waals surface area contributed by atoms with Crippen molar-refractivity contribution in [1.82, 2.24) is 9.55 Å². The Balaban J connectivity index is 1.54. The molecule has 0 saturated carbocycles. The van der Waals surface area contributed by atoms with E-state index in [1.807, 2.05) is 54.6 Å².